The van der Waals surface area contributed by atoms with E-state index in [2.05, 4.69) is 27.7 Å². The van der Waals surface area contributed by atoms with E-state index in [1.54, 1.807) is 0 Å². The molecule has 1 saturated carbocycles. The molecule has 1 aliphatic heterocycles. The zero-order valence-electron chi connectivity index (χ0n) is 15.4. The second-order valence-electron chi connectivity index (χ2n) is 8.27. The summed E-state index contributed by atoms with van der Waals surface area (Å²) in [6.07, 6.45) is 6.39. The average molecular weight is 322 g/mol. The summed E-state index contributed by atoms with van der Waals surface area (Å²) in [6.45, 7) is 10.8. The van der Waals surface area contributed by atoms with Crippen LogP contribution in [0.15, 0.2) is 0 Å². The highest BCUT2D eigenvalue weighted by Crippen LogP contribution is 2.29. The van der Waals surface area contributed by atoms with E-state index in [9.17, 15) is 9.59 Å². The predicted octanol–water partition coefficient (Wildman–Crippen LogP) is 3.31. The van der Waals surface area contributed by atoms with Crippen LogP contribution in [0.25, 0.3) is 0 Å². The normalized spacial score (nSPS) is 23.1. The van der Waals surface area contributed by atoms with E-state index in [1.807, 2.05) is 9.80 Å². The molecule has 4 heteroatoms. The zero-order valence-corrected chi connectivity index (χ0v) is 15.4. The van der Waals surface area contributed by atoms with Crippen LogP contribution in [0, 0.1) is 17.8 Å². The molecule has 132 valence electrons. The molecule has 1 unspecified atom stereocenters. The molecule has 1 atom stereocenters. The first kappa shape index (κ1) is 18.3. The predicted molar refractivity (Wildman–Crippen MR) is 92.9 cm³/mol. The van der Waals surface area contributed by atoms with Crippen LogP contribution >= 0.6 is 0 Å². The smallest absolute Gasteiger partial charge is 0.228 e. The Morgan fingerprint density at radius 2 is 1.65 bits per heavy atom. The number of rotatable bonds is 6. The molecule has 2 aliphatic rings. The van der Waals surface area contributed by atoms with Gasteiger partial charge in [-0.2, -0.15) is 0 Å². The monoisotopic (exact) mass is 322 g/mol. The van der Waals surface area contributed by atoms with Crippen LogP contribution in [0.5, 0.6) is 0 Å². The summed E-state index contributed by atoms with van der Waals surface area (Å²) in [5.74, 6) is 1.19. The summed E-state index contributed by atoms with van der Waals surface area (Å²) in [5.41, 5.74) is 0. The molecule has 0 aromatic carbocycles. The molecule has 2 fully saturated rings. The maximum atomic E-state index is 12.9. The molecular weight excluding hydrogens is 288 g/mol. The van der Waals surface area contributed by atoms with Crippen molar-refractivity contribution in [3.8, 4) is 0 Å². The van der Waals surface area contributed by atoms with Gasteiger partial charge in [0, 0.05) is 32.1 Å². The Hall–Kier alpha value is -1.06. The number of hydrogen-bond donors (Lipinski definition) is 0. The van der Waals surface area contributed by atoms with Crippen LogP contribution in [0.3, 0.4) is 0 Å². The summed E-state index contributed by atoms with van der Waals surface area (Å²) in [4.78, 5) is 29.4. The van der Waals surface area contributed by atoms with Crippen LogP contribution in [-0.4, -0.2) is 47.3 Å². The Kier molecular flexibility index (Phi) is 6.49. The third-order valence-electron chi connectivity index (χ3n) is 5.01. The Morgan fingerprint density at radius 3 is 2.17 bits per heavy atom. The van der Waals surface area contributed by atoms with Crippen molar-refractivity contribution in [2.24, 2.45) is 17.8 Å². The van der Waals surface area contributed by atoms with Crippen molar-refractivity contribution in [2.75, 3.05) is 19.6 Å². The van der Waals surface area contributed by atoms with Gasteiger partial charge in [-0.25, -0.2) is 0 Å². The van der Waals surface area contributed by atoms with Gasteiger partial charge in [-0.15, -0.1) is 0 Å². The molecule has 0 spiro atoms. The molecule has 0 aromatic heterocycles. The van der Waals surface area contributed by atoms with E-state index in [4.69, 9.17) is 0 Å². The number of carbonyl (C=O) groups is 2. The molecule has 1 aliphatic carbocycles. The Morgan fingerprint density at radius 1 is 1.09 bits per heavy atom. The van der Waals surface area contributed by atoms with Crippen LogP contribution in [-0.2, 0) is 9.59 Å². The van der Waals surface area contributed by atoms with Crippen molar-refractivity contribution < 1.29 is 9.59 Å². The Labute approximate surface area is 141 Å². The second-order valence-corrected chi connectivity index (χ2v) is 8.27. The van der Waals surface area contributed by atoms with Crippen LogP contribution in [0.1, 0.15) is 66.2 Å². The number of likely N-dealkylation sites (tertiary alicyclic amines) is 1. The van der Waals surface area contributed by atoms with Gasteiger partial charge in [0.05, 0.1) is 5.92 Å². The van der Waals surface area contributed by atoms with E-state index in [0.717, 1.165) is 25.9 Å². The molecule has 2 rings (SSSR count). The Balaban J connectivity index is 1.99. The van der Waals surface area contributed by atoms with Crippen molar-refractivity contribution in [1.82, 2.24) is 9.80 Å². The SMILES string of the molecule is CC(C)CN(CC(C)C)C(=O)C1CC(=O)N(C2CCCCC2)C1. The maximum absolute atomic E-state index is 12.9. The lowest BCUT2D eigenvalue weighted by molar-refractivity contribution is -0.136. The molecule has 0 radical (unpaired) electrons. The van der Waals surface area contributed by atoms with Gasteiger partial charge in [-0.3, -0.25) is 9.59 Å². The molecule has 0 bridgehead atoms. The maximum Gasteiger partial charge on any atom is 0.228 e. The molecule has 1 heterocycles. The minimum absolute atomic E-state index is 0.123. The van der Waals surface area contributed by atoms with Crippen molar-refractivity contribution in [3.05, 3.63) is 0 Å². The first-order chi connectivity index (χ1) is 10.9. The fourth-order valence-corrected chi connectivity index (χ4v) is 4.04. The van der Waals surface area contributed by atoms with E-state index < -0.39 is 0 Å². The standard InChI is InChI=1S/C19H34N2O2/c1-14(2)11-20(12-15(3)4)19(23)16-10-18(22)21(13-16)17-8-6-5-7-9-17/h14-17H,5-13H2,1-4H3. The van der Waals surface area contributed by atoms with E-state index in [0.29, 0.717) is 30.8 Å². The number of nitrogens with zero attached hydrogens (tertiary/aromatic N) is 2. The Bertz CT molecular complexity index is 404. The molecule has 0 N–H and O–H groups in total. The van der Waals surface area contributed by atoms with Crippen LogP contribution < -0.4 is 0 Å². The molecule has 4 nitrogen and oxygen atoms in total. The zero-order chi connectivity index (χ0) is 17.0. The topological polar surface area (TPSA) is 40.6 Å². The van der Waals surface area contributed by atoms with Gasteiger partial charge in [0.15, 0.2) is 0 Å². The number of carbonyl (C=O) groups excluding carboxylic acids is 2. The lowest BCUT2D eigenvalue weighted by atomic mass is 9.94. The van der Waals surface area contributed by atoms with Gasteiger partial charge in [0.25, 0.3) is 0 Å². The number of hydrogen-bond acceptors (Lipinski definition) is 2. The van der Waals surface area contributed by atoms with Crippen molar-refractivity contribution in [2.45, 2.75) is 72.3 Å². The molecular formula is C19H34N2O2. The van der Waals surface area contributed by atoms with Gasteiger partial charge in [-0.1, -0.05) is 47.0 Å². The average Bonchev–Trinajstić information content (AvgIpc) is 2.87. The summed E-state index contributed by atoms with van der Waals surface area (Å²) >= 11 is 0. The summed E-state index contributed by atoms with van der Waals surface area (Å²) in [7, 11) is 0. The largest absolute Gasteiger partial charge is 0.342 e. The van der Waals surface area contributed by atoms with Crippen LogP contribution in [0.4, 0.5) is 0 Å². The highest BCUT2D eigenvalue weighted by atomic mass is 16.2. The fourth-order valence-electron chi connectivity index (χ4n) is 4.04. The summed E-state index contributed by atoms with van der Waals surface area (Å²) in [6, 6.07) is 0.387. The third-order valence-corrected chi connectivity index (χ3v) is 5.01. The minimum Gasteiger partial charge on any atom is -0.342 e. The number of amides is 2. The van der Waals surface area contributed by atoms with Crippen molar-refractivity contribution in [1.29, 1.82) is 0 Å². The van der Waals surface area contributed by atoms with Gasteiger partial charge in [-0.05, 0) is 24.7 Å². The lowest BCUT2D eigenvalue weighted by Gasteiger charge is -2.32. The van der Waals surface area contributed by atoms with E-state index in [1.165, 1.54) is 19.3 Å². The third kappa shape index (κ3) is 4.95. The minimum atomic E-state index is -0.123. The fraction of sp³-hybridized carbons (Fsp3) is 0.895. The van der Waals surface area contributed by atoms with E-state index in [-0.39, 0.29) is 17.7 Å². The van der Waals surface area contributed by atoms with Gasteiger partial charge < -0.3 is 9.80 Å². The summed E-state index contributed by atoms with van der Waals surface area (Å²) in [5, 5.41) is 0. The molecule has 0 aromatic rings. The van der Waals surface area contributed by atoms with Crippen LogP contribution in [0.2, 0.25) is 0 Å². The highest BCUT2D eigenvalue weighted by Gasteiger charge is 2.39. The lowest BCUT2D eigenvalue weighted by Crippen LogP contribution is -2.42. The molecule has 1 saturated heterocycles. The van der Waals surface area contributed by atoms with Crippen molar-refractivity contribution in [3.63, 3.8) is 0 Å². The first-order valence-electron chi connectivity index (χ1n) is 9.46. The van der Waals surface area contributed by atoms with Gasteiger partial charge in [0.2, 0.25) is 11.8 Å². The van der Waals surface area contributed by atoms with Crippen molar-refractivity contribution >= 4 is 11.8 Å². The molecule has 23 heavy (non-hydrogen) atoms. The second kappa shape index (κ2) is 8.16. The molecule has 2 amide bonds. The quantitative estimate of drug-likeness (QED) is 0.753. The van der Waals surface area contributed by atoms with E-state index >= 15 is 0 Å². The summed E-state index contributed by atoms with van der Waals surface area (Å²) < 4.78 is 0. The first-order valence-corrected chi connectivity index (χ1v) is 9.46. The van der Waals surface area contributed by atoms with Gasteiger partial charge >= 0.3 is 0 Å². The highest BCUT2D eigenvalue weighted by molar-refractivity contribution is 5.89. The van der Waals surface area contributed by atoms with Gasteiger partial charge in [0.1, 0.15) is 0 Å².